The van der Waals surface area contributed by atoms with Crippen LogP contribution in [-0.2, 0) is 6.42 Å². The van der Waals surface area contributed by atoms with Crippen LogP contribution < -0.4 is 11.1 Å². The number of halogens is 1. The Labute approximate surface area is 121 Å². The van der Waals surface area contributed by atoms with Gasteiger partial charge in [0.05, 0.1) is 4.99 Å². The molecule has 0 aliphatic carbocycles. The molecule has 0 saturated heterocycles. The molecule has 0 atom stereocenters. The zero-order valence-electron chi connectivity index (χ0n) is 10.6. The largest absolute Gasteiger partial charge is 0.393 e. The summed E-state index contributed by atoms with van der Waals surface area (Å²) >= 11 is 4.87. The van der Waals surface area contributed by atoms with Gasteiger partial charge in [-0.1, -0.05) is 30.4 Å². The van der Waals surface area contributed by atoms with Gasteiger partial charge in [0.1, 0.15) is 5.82 Å². The highest BCUT2D eigenvalue weighted by Crippen LogP contribution is 2.14. The minimum absolute atomic E-state index is 0.275. The van der Waals surface area contributed by atoms with Gasteiger partial charge in [-0.05, 0) is 35.9 Å². The predicted octanol–water partition coefficient (Wildman–Crippen LogP) is 2.91. The molecule has 3 nitrogen and oxygen atoms in total. The van der Waals surface area contributed by atoms with Crippen molar-refractivity contribution >= 4 is 28.8 Å². The van der Waals surface area contributed by atoms with Crippen molar-refractivity contribution < 1.29 is 9.18 Å². The molecule has 0 bridgehead atoms. The Morgan fingerprint density at radius 3 is 2.45 bits per heavy atom. The molecular formula is C15H13FN2OS. The highest BCUT2D eigenvalue weighted by Gasteiger charge is 2.11. The van der Waals surface area contributed by atoms with E-state index in [-0.39, 0.29) is 11.7 Å². The van der Waals surface area contributed by atoms with E-state index in [1.54, 1.807) is 18.2 Å². The lowest BCUT2D eigenvalue weighted by atomic mass is 10.0. The predicted molar refractivity (Wildman–Crippen MR) is 81.3 cm³/mol. The van der Waals surface area contributed by atoms with Gasteiger partial charge in [-0.25, -0.2) is 4.39 Å². The maximum atomic E-state index is 12.8. The Bertz CT molecular complexity index is 641. The molecule has 0 radical (unpaired) electrons. The normalized spacial score (nSPS) is 10.1. The summed E-state index contributed by atoms with van der Waals surface area (Å²) in [7, 11) is 0. The highest BCUT2D eigenvalue weighted by atomic mass is 32.1. The first-order valence-electron chi connectivity index (χ1n) is 5.99. The van der Waals surface area contributed by atoms with Crippen LogP contribution in [0.5, 0.6) is 0 Å². The van der Waals surface area contributed by atoms with Crippen LogP contribution in [0.25, 0.3) is 0 Å². The summed E-state index contributed by atoms with van der Waals surface area (Å²) in [6.45, 7) is 0. The van der Waals surface area contributed by atoms with E-state index in [1.165, 1.54) is 24.3 Å². The smallest absolute Gasteiger partial charge is 0.255 e. The molecule has 20 heavy (non-hydrogen) atoms. The Morgan fingerprint density at radius 2 is 1.80 bits per heavy atom. The summed E-state index contributed by atoms with van der Waals surface area (Å²) in [5, 5.41) is 2.71. The van der Waals surface area contributed by atoms with Crippen LogP contribution in [0, 0.1) is 5.82 Å². The van der Waals surface area contributed by atoms with E-state index in [9.17, 15) is 9.18 Å². The quantitative estimate of drug-likeness (QED) is 0.851. The number of hydrogen-bond acceptors (Lipinski definition) is 2. The van der Waals surface area contributed by atoms with Crippen LogP contribution in [0.15, 0.2) is 48.5 Å². The molecule has 0 aliphatic heterocycles. The molecule has 3 N–H and O–H groups in total. The van der Waals surface area contributed by atoms with E-state index in [1.807, 2.05) is 6.07 Å². The Balaban J connectivity index is 2.20. The Kier molecular flexibility index (Phi) is 4.42. The third kappa shape index (κ3) is 3.61. The molecular weight excluding hydrogens is 275 g/mol. The zero-order valence-corrected chi connectivity index (χ0v) is 11.4. The van der Waals surface area contributed by atoms with E-state index in [2.05, 4.69) is 5.32 Å². The summed E-state index contributed by atoms with van der Waals surface area (Å²) in [6, 6.07) is 12.7. The second-order valence-electron chi connectivity index (χ2n) is 4.26. The van der Waals surface area contributed by atoms with Crippen molar-refractivity contribution in [2.75, 3.05) is 5.32 Å². The number of nitrogens with one attached hydrogen (secondary N) is 1. The topological polar surface area (TPSA) is 55.1 Å². The number of hydrogen-bond donors (Lipinski definition) is 2. The number of anilines is 1. The van der Waals surface area contributed by atoms with Crippen molar-refractivity contribution in [1.82, 2.24) is 0 Å². The molecule has 0 aliphatic rings. The van der Waals surface area contributed by atoms with Crippen LogP contribution in [0.4, 0.5) is 10.1 Å². The number of amides is 1. The second kappa shape index (κ2) is 6.25. The molecule has 0 heterocycles. The monoisotopic (exact) mass is 288 g/mol. The van der Waals surface area contributed by atoms with Crippen molar-refractivity contribution in [3.63, 3.8) is 0 Å². The number of carbonyl (C=O) groups excluding carboxylic acids is 1. The van der Waals surface area contributed by atoms with Gasteiger partial charge in [0.2, 0.25) is 0 Å². The minimum Gasteiger partial charge on any atom is -0.393 e. The molecule has 5 heteroatoms. The molecule has 2 aromatic rings. The fourth-order valence-electron chi connectivity index (χ4n) is 1.82. The summed E-state index contributed by atoms with van der Waals surface area (Å²) < 4.78 is 12.8. The molecule has 2 rings (SSSR count). The van der Waals surface area contributed by atoms with Crippen molar-refractivity contribution in [2.24, 2.45) is 5.73 Å². The first kappa shape index (κ1) is 14.1. The van der Waals surface area contributed by atoms with Crippen molar-refractivity contribution in [3.05, 3.63) is 65.5 Å². The number of thiocarbonyl (C=S) groups is 1. The van der Waals surface area contributed by atoms with Gasteiger partial charge in [-0.3, -0.25) is 4.79 Å². The molecule has 0 aromatic heterocycles. The summed E-state index contributed by atoms with van der Waals surface area (Å²) in [4.78, 5) is 12.5. The molecule has 1 amide bonds. The van der Waals surface area contributed by atoms with Gasteiger partial charge >= 0.3 is 0 Å². The summed E-state index contributed by atoms with van der Waals surface area (Å²) in [5.41, 5.74) is 7.32. The van der Waals surface area contributed by atoms with E-state index in [0.29, 0.717) is 22.7 Å². The van der Waals surface area contributed by atoms with Gasteiger partial charge in [0.25, 0.3) is 5.91 Å². The standard InChI is InChI=1S/C15H13FN2OS/c16-11-5-7-12(8-6-11)18-15(19)13-4-2-1-3-10(13)9-14(17)20/h1-8H,9H2,(H2,17,20)(H,18,19). The van der Waals surface area contributed by atoms with Crippen LogP contribution in [0.3, 0.4) is 0 Å². The average Bonchev–Trinajstić information content (AvgIpc) is 2.41. The number of rotatable bonds is 4. The van der Waals surface area contributed by atoms with Gasteiger partial charge < -0.3 is 11.1 Å². The summed E-state index contributed by atoms with van der Waals surface area (Å²) in [6.07, 6.45) is 0.363. The lowest BCUT2D eigenvalue weighted by Gasteiger charge is -2.09. The third-order valence-corrected chi connectivity index (χ3v) is 2.87. The SMILES string of the molecule is NC(=S)Cc1ccccc1C(=O)Nc1ccc(F)cc1. The average molecular weight is 288 g/mol. The molecule has 0 saturated carbocycles. The van der Waals surface area contributed by atoms with E-state index < -0.39 is 0 Å². The molecule has 0 fully saturated rings. The lowest BCUT2D eigenvalue weighted by molar-refractivity contribution is 0.102. The Hall–Kier alpha value is -2.27. The molecule has 0 spiro atoms. The maximum absolute atomic E-state index is 12.8. The molecule has 0 unspecified atom stereocenters. The lowest BCUT2D eigenvalue weighted by Crippen LogP contribution is -2.18. The second-order valence-corrected chi connectivity index (χ2v) is 4.79. The van der Waals surface area contributed by atoms with E-state index in [0.717, 1.165) is 5.56 Å². The van der Waals surface area contributed by atoms with Gasteiger partial charge in [-0.15, -0.1) is 0 Å². The van der Waals surface area contributed by atoms with Gasteiger partial charge in [0.15, 0.2) is 0 Å². The van der Waals surface area contributed by atoms with Crippen molar-refractivity contribution in [1.29, 1.82) is 0 Å². The van der Waals surface area contributed by atoms with Crippen LogP contribution in [0.1, 0.15) is 15.9 Å². The number of nitrogens with two attached hydrogens (primary N) is 1. The van der Waals surface area contributed by atoms with Crippen LogP contribution >= 0.6 is 12.2 Å². The van der Waals surface area contributed by atoms with Crippen molar-refractivity contribution in [3.8, 4) is 0 Å². The van der Waals surface area contributed by atoms with E-state index in [4.69, 9.17) is 18.0 Å². The van der Waals surface area contributed by atoms with Crippen LogP contribution in [0.2, 0.25) is 0 Å². The van der Waals surface area contributed by atoms with Gasteiger partial charge in [0, 0.05) is 17.7 Å². The highest BCUT2D eigenvalue weighted by molar-refractivity contribution is 7.80. The minimum atomic E-state index is -0.350. The first-order valence-corrected chi connectivity index (χ1v) is 6.40. The molecule has 2 aromatic carbocycles. The number of carbonyl (C=O) groups is 1. The number of benzene rings is 2. The zero-order chi connectivity index (χ0) is 14.5. The first-order chi connectivity index (χ1) is 9.56. The third-order valence-electron chi connectivity index (χ3n) is 2.73. The van der Waals surface area contributed by atoms with E-state index >= 15 is 0 Å². The fraction of sp³-hybridized carbons (Fsp3) is 0.0667. The fourth-order valence-corrected chi connectivity index (χ4v) is 1.97. The van der Waals surface area contributed by atoms with Crippen molar-refractivity contribution in [2.45, 2.75) is 6.42 Å². The Morgan fingerprint density at radius 1 is 1.15 bits per heavy atom. The van der Waals surface area contributed by atoms with Gasteiger partial charge in [-0.2, -0.15) is 0 Å². The maximum Gasteiger partial charge on any atom is 0.255 e. The summed E-state index contributed by atoms with van der Waals surface area (Å²) in [5.74, 6) is -0.625. The van der Waals surface area contributed by atoms with Crippen LogP contribution in [-0.4, -0.2) is 10.9 Å². The molecule has 102 valence electrons.